The minimum atomic E-state index is -0.597. The second-order valence-electron chi connectivity index (χ2n) is 5.10. The molecule has 1 atom stereocenters. The normalized spacial score (nSPS) is 11.8. The third-order valence-corrected chi connectivity index (χ3v) is 3.38. The van der Waals surface area contributed by atoms with E-state index >= 15 is 0 Å². The van der Waals surface area contributed by atoms with E-state index in [1.807, 2.05) is 18.2 Å². The number of carbonyl (C=O) groups excluding carboxylic acids is 1. The standard InChI is InChI=1S/C17H15FN4O2/c1-12(22-11-19-10-20-22)17(23)21-15-9-13(18)7-8-16(15)24-14-5-3-2-4-6-14/h2-12H,1H3,(H,21,23). The number of carbonyl (C=O) groups is 1. The molecule has 7 heteroatoms. The maximum Gasteiger partial charge on any atom is 0.249 e. The van der Waals surface area contributed by atoms with E-state index in [2.05, 4.69) is 15.4 Å². The van der Waals surface area contributed by atoms with E-state index in [0.717, 1.165) is 0 Å². The predicted molar refractivity (Wildman–Crippen MR) is 86.3 cm³/mol. The van der Waals surface area contributed by atoms with E-state index in [9.17, 15) is 9.18 Å². The Morgan fingerprint density at radius 1 is 1.25 bits per heavy atom. The van der Waals surface area contributed by atoms with Crippen molar-refractivity contribution in [3.63, 3.8) is 0 Å². The van der Waals surface area contributed by atoms with E-state index in [1.54, 1.807) is 19.1 Å². The molecule has 0 radical (unpaired) electrons. The van der Waals surface area contributed by atoms with Crippen LogP contribution in [0.2, 0.25) is 0 Å². The first-order valence-corrected chi connectivity index (χ1v) is 7.31. The molecule has 1 amide bonds. The molecule has 0 aliphatic heterocycles. The zero-order valence-electron chi connectivity index (χ0n) is 12.9. The molecule has 6 nitrogen and oxygen atoms in total. The van der Waals surface area contributed by atoms with Crippen LogP contribution in [0.15, 0.2) is 61.2 Å². The fourth-order valence-electron chi connectivity index (χ4n) is 2.08. The van der Waals surface area contributed by atoms with Crippen LogP contribution in [0, 0.1) is 5.82 Å². The van der Waals surface area contributed by atoms with Crippen molar-refractivity contribution in [2.75, 3.05) is 5.32 Å². The van der Waals surface area contributed by atoms with Crippen LogP contribution in [-0.2, 0) is 4.79 Å². The molecule has 0 saturated carbocycles. The summed E-state index contributed by atoms with van der Waals surface area (Å²) in [6.07, 6.45) is 2.78. The fourth-order valence-corrected chi connectivity index (χ4v) is 2.08. The van der Waals surface area contributed by atoms with Crippen molar-refractivity contribution in [1.29, 1.82) is 0 Å². The summed E-state index contributed by atoms with van der Waals surface area (Å²) >= 11 is 0. The van der Waals surface area contributed by atoms with E-state index < -0.39 is 11.9 Å². The summed E-state index contributed by atoms with van der Waals surface area (Å²) < 4.78 is 20.7. The minimum absolute atomic E-state index is 0.246. The van der Waals surface area contributed by atoms with E-state index in [0.29, 0.717) is 11.5 Å². The van der Waals surface area contributed by atoms with Crippen LogP contribution in [-0.4, -0.2) is 20.7 Å². The van der Waals surface area contributed by atoms with Crippen LogP contribution in [0.4, 0.5) is 10.1 Å². The average Bonchev–Trinajstić information content (AvgIpc) is 3.12. The SMILES string of the molecule is CC(C(=O)Nc1cc(F)ccc1Oc1ccccc1)n1cncn1. The average molecular weight is 326 g/mol. The lowest BCUT2D eigenvalue weighted by molar-refractivity contribution is -0.119. The number of hydrogen-bond donors (Lipinski definition) is 1. The Morgan fingerprint density at radius 2 is 2.04 bits per heavy atom. The molecule has 1 N–H and O–H groups in total. The lowest BCUT2D eigenvalue weighted by Gasteiger charge is -2.15. The molecule has 0 aliphatic carbocycles. The number of para-hydroxylation sites is 1. The van der Waals surface area contributed by atoms with Crippen molar-refractivity contribution in [2.24, 2.45) is 0 Å². The van der Waals surface area contributed by atoms with E-state index in [1.165, 1.54) is 35.5 Å². The first-order valence-electron chi connectivity index (χ1n) is 7.31. The Morgan fingerprint density at radius 3 is 2.75 bits per heavy atom. The van der Waals surface area contributed by atoms with Gasteiger partial charge in [-0.2, -0.15) is 5.10 Å². The van der Waals surface area contributed by atoms with Crippen molar-refractivity contribution in [3.05, 3.63) is 67.0 Å². The van der Waals surface area contributed by atoms with Crippen molar-refractivity contribution in [1.82, 2.24) is 14.8 Å². The molecule has 1 heterocycles. The Balaban J connectivity index is 1.81. The van der Waals surface area contributed by atoms with Crippen LogP contribution in [0.3, 0.4) is 0 Å². The molecule has 3 rings (SSSR count). The maximum atomic E-state index is 13.6. The van der Waals surface area contributed by atoms with Gasteiger partial charge in [-0.05, 0) is 31.2 Å². The van der Waals surface area contributed by atoms with Gasteiger partial charge < -0.3 is 10.1 Å². The summed E-state index contributed by atoms with van der Waals surface area (Å²) in [5.74, 6) is 0.105. The Labute approximate surface area is 137 Å². The molecule has 0 aliphatic rings. The van der Waals surface area contributed by atoms with Crippen molar-refractivity contribution >= 4 is 11.6 Å². The second kappa shape index (κ2) is 6.91. The highest BCUT2D eigenvalue weighted by molar-refractivity contribution is 5.94. The molecule has 0 spiro atoms. The van der Waals surface area contributed by atoms with Gasteiger partial charge in [-0.15, -0.1) is 0 Å². The smallest absolute Gasteiger partial charge is 0.249 e. The second-order valence-corrected chi connectivity index (χ2v) is 5.10. The van der Waals surface area contributed by atoms with Crippen molar-refractivity contribution in [2.45, 2.75) is 13.0 Å². The first kappa shape index (κ1) is 15.7. The summed E-state index contributed by atoms with van der Waals surface area (Å²) in [5.41, 5.74) is 0.246. The zero-order chi connectivity index (χ0) is 16.9. The molecule has 0 fully saturated rings. The topological polar surface area (TPSA) is 69.0 Å². The Bertz CT molecular complexity index is 822. The molecule has 1 aromatic heterocycles. The van der Waals surface area contributed by atoms with Gasteiger partial charge in [0.1, 0.15) is 30.3 Å². The van der Waals surface area contributed by atoms with Gasteiger partial charge in [0.2, 0.25) is 5.91 Å². The predicted octanol–water partition coefficient (Wildman–Crippen LogP) is 3.41. The molecule has 3 aromatic rings. The third-order valence-electron chi connectivity index (χ3n) is 3.38. The number of nitrogens with one attached hydrogen (secondary N) is 1. The van der Waals surface area contributed by atoms with Crippen LogP contribution in [0.1, 0.15) is 13.0 Å². The summed E-state index contributed by atoms with van der Waals surface area (Å²) in [6.45, 7) is 1.67. The maximum absolute atomic E-state index is 13.6. The number of nitrogens with zero attached hydrogens (tertiary/aromatic N) is 3. The van der Waals surface area contributed by atoms with Crippen LogP contribution < -0.4 is 10.1 Å². The number of anilines is 1. The van der Waals surface area contributed by atoms with Crippen LogP contribution in [0.25, 0.3) is 0 Å². The van der Waals surface area contributed by atoms with Crippen LogP contribution >= 0.6 is 0 Å². The van der Waals surface area contributed by atoms with Gasteiger partial charge in [-0.25, -0.2) is 14.1 Å². The largest absolute Gasteiger partial charge is 0.455 e. The fraction of sp³-hybridized carbons (Fsp3) is 0.118. The van der Waals surface area contributed by atoms with Crippen molar-refractivity contribution in [3.8, 4) is 11.5 Å². The van der Waals surface area contributed by atoms with Gasteiger partial charge in [0, 0.05) is 6.07 Å². The number of hydrogen-bond acceptors (Lipinski definition) is 4. The number of rotatable bonds is 5. The summed E-state index contributed by atoms with van der Waals surface area (Å²) in [4.78, 5) is 16.2. The lowest BCUT2D eigenvalue weighted by atomic mass is 10.2. The van der Waals surface area contributed by atoms with Gasteiger partial charge in [-0.3, -0.25) is 4.79 Å². The highest BCUT2D eigenvalue weighted by atomic mass is 19.1. The van der Waals surface area contributed by atoms with Gasteiger partial charge in [0.25, 0.3) is 0 Å². The van der Waals surface area contributed by atoms with Crippen LogP contribution in [0.5, 0.6) is 11.5 Å². The van der Waals surface area contributed by atoms with E-state index in [-0.39, 0.29) is 11.6 Å². The molecule has 1 unspecified atom stereocenters. The minimum Gasteiger partial charge on any atom is -0.455 e. The summed E-state index contributed by atoms with van der Waals surface area (Å²) in [6, 6.07) is 12.4. The van der Waals surface area contributed by atoms with Crippen molar-refractivity contribution < 1.29 is 13.9 Å². The van der Waals surface area contributed by atoms with Gasteiger partial charge in [0.05, 0.1) is 5.69 Å². The zero-order valence-corrected chi connectivity index (χ0v) is 12.9. The Kier molecular flexibility index (Phi) is 4.51. The monoisotopic (exact) mass is 326 g/mol. The first-order chi connectivity index (χ1) is 11.6. The summed E-state index contributed by atoms with van der Waals surface area (Å²) in [7, 11) is 0. The lowest BCUT2D eigenvalue weighted by Crippen LogP contribution is -2.24. The number of benzene rings is 2. The molecule has 0 bridgehead atoms. The quantitative estimate of drug-likeness (QED) is 0.780. The number of amides is 1. The highest BCUT2D eigenvalue weighted by Crippen LogP contribution is 2.30. The molecular formula is C17H15FN4O2. The molecule has 0 saturated heterocycles. The molecule has 24 heavy (non-hydrogen) atoms. The van der Waals surface area contributed by atoms with Gasteiger partial charge in [0.15, 0.2) is 5.75 Å². The molecular weight excluding hydrogens is 311 g/mol. The number of ether oxygens (including phenoxy) is 1. The number of halogens is 1. The van der Waals surface area contributed by atoms with E-state index in [4.69, 9.17) is 4.74 Å². The number of aromatic nitrogens is 3. The Hall–Kier alpha value is -3.22. The third kappa shape index (κ3) is 3.57. The summed E-state index contributed by atoms with van der Waals surface area (Å²) in [5, 5.41) is 6.59. The van der Waals surface area contributed by atoms with Gasteiger partial charge >= 0.3 is 0 Å². The molecule has 2 aromatic carbocycles. The molecule has 122 valence electrons. The van der Waals surface area contributed by atoms with Gasteiger partial charge in [-0.1, -0.05) is 18.2 Å². The highest BCUT2D eigenvalue weighted by Gasteiger charge is 2.18.